The fourth-order valence-electron chi connectivity index (χ4n) is 5.01. The minimum absolute atomic E-state index is 0. The molecule has 2 amide bonds. The summed E-state index contributed by atoms with van der Waals surface area (Å²) >= 11 is 1.38. The van der Waals surface area contributed by atoms with Crippen molar-refractivity contribution in [2.75, 3.05) is 20.7 Å². The number of amides is 2. The number of methoxy groups -OCH3 is 1. The number of hydrogen-bond acceptors (Lipinski definition) is 7. The number of ether oxygens (including phenoxy) is 1. The van der Waals surface area contributed by atoms with E-state index in [0.717, 1.165) is 30.1 Å². The van der Waals surface area contributed by atoms with E-state index in [9.17, 15) is 18.8 Å². The number of H-pyrrole nitrogens is 1. The number of benzene rings is 1. The highest BCUT2D eigenvalue weighted by atomic mass is 35.5. The number of esters is 1. The van der Waals surface area contributed by atoms with Gasteiger partial charge in [0.1, 0.15) is 11.5 Å². The van der Waals surface area contributed by atoms with Crippen LogP contribution in [0.25, 0.3) is 10.9 Å². The van der Waals surface area contributed by atoms with E-state index < -0.39 is 12.1 Å². The van der Waals surface area contributed by atoms with Crippen LogP contribution >= 0.6 is 23.7 Å². The van der Waals surface area contributed by atoms with Crippen molar-refractivity contribution in [2.24, 2.45) is 5.92 Å². The van der Waals surface area contributed by atoms with Crippen LogP contribution in [0.5, 0.6) is 0 Å². The van der Waals surface area contributed by atoms with E-state index in [1.165, 1.54) is 30.6 Å². The van der Waals surface area contributed by atoms with Crippen molar-refractivity contribution in [2.45, 2.75) is 44.3 Å². The Morgan fingerprint density at radius 2 is 1.95 bits per heavy atom. The van der Waals surface area contributed by atoms with Crippen molar-refractivity contribution >= 4 is 52.4 Å². The maximum atomic E-state index is 13.6. The number of rotatable bonds is 5. The summed E-state index contributed by atoms with van der Waals surface area (Å²) in [5.41, 5.74) is 1.91. The average molecular weight is 550 g/mol. The van der Waals surface area contributed by atoms with Crippen LogP contribution in [0, 0.1) is 11.7 Å². The van der Waals surface area contributed by atoms with Gasteiger partial charge in [-0.3, -0.25) is 14.4 Å². The fraction of sp³-hybridized carbons (Fsp3) is 0.440. The zero-order chi connectivity index (χ0) is 25.4. The van der Waals surface area contributed by atoms with Gasteiger partial charge in [0.25, 0.3) is 11.8 Å². The number of fused-ring (bicyclic) bond motifs is 2. The van der Waals surface area contributed by atoms with E-state index in [0.29, 0.717) is 40.9 Å². The molecule has 0 spiro atoms. The summed E-state index contributed by atoms with van der Waals surface area (Å²) in [4.78, 5) is 49.3. The van der Waals surface area contributed by atoms with Crippen LogP contribution < -0.4 is 10.6 Å². The number of aromatic nitrogens is 2. The van der Waals surface area contributed by atoms with Gasteiger partial charge in [-0.15, -0.1) is 23.7 Å². The quantitative estimate of drug-likeness (QED) is 0.421. The highest BCUT2D eigenvalue weighted by molar-refractivity contribution is 7.13. The lowest BCUT2D eigenvalue weighted by Crippen LogP contribution is -2.55. The standard InChI is InChI=1S/C25H28FN5O4S.ClH/c1-31-8-7-18-21(12-31)36-24(30-18)23(33)29-19-10-13(25(34)35-2)3-5-17(19)28-22(32)20-11-14-9-15(26)4-6-16(14)27-20;/h4,6,9,11,13,17,19,27H,3,5,7-8,10,12H2,1-2H3,(H,28,32)(H,29,33);1H/t13-,17+,19-;/m1./s1. The first-order chi connectivity index (χ1) is 17.3. The minimum atomic E-state index is -0.482. The second kappa shape index (κ2) is 11.2. The van der Waals surface area contributed by atoms with E-state index in [4.69, 9.17) is 4.74 Å². The molecule has 12 heteroatoms. The van der Waals surface area contributed by atoms with Gasteiger partial charge in [-0.2, -0.15) is 0 Å². The number of nitrogens with zero attached hydrogens (tertiary/aromatic N) is 2. The molecular weight excluding hydrogens is 521 g/mol. The van der Waals surface area contributed by atoms with Gasteiger partial charge in [-0.05, 0) is 50.6 Å². The number of halogens is 2. The Balaban J connectivity index is 0.00000320. The molecule has 2 aromatic heterocycles. The van der Waals surface area contributed by atoms with Gasteiger partial charge in [-0.1, -0.05) is 0 Å². The lowest BCUT2D eigenvalue weighted by Gasteiger charge is -2.35. The lowest BCUT2D eigenvalue weighted by atomic mass is 9.82. The number of hydrogen-bond donors (Lipinski definition) is 3. The maximum absolute atomic E-state index is 13.6. The summed E-state index contributed by atoms with van der Waals surface area (Å²) < 4.78 is 18.5. The van der Waals surface area contributed by atoms with Crippen molar-refractivity contribution < 1.29 is 23.5 Å². The average Bonchev–Trinajstić information content (AvgIpc) is 3.48. The summed E-state index contributed by atoms with van der Waals surface area (Å²) in [6.45, 7) is 1.66. The topological polar surface area (TPSA) is 116 Å². The van der Waals surface area contributed by atoms with Gasteiger partial charge in [0.2, 0.25) is 0 Å². The molecule has 1 aromatic carbocycles. The minimum Gasteiger partial charge on any atom is -0.469 e. The van der Waals surface area contributed by atoms with Gasteiger partial charge < -0.3 is 25.3 Å². The molecule has 3 atom stereocenters. The molecule has 0 bridgehead atoms. The molecular formula is C25H29ClFN5O4S. The van der Waals surface area contributed by atoms with Crippen molar-refractivity contribution in [3.8, 4) is 0 Å². The van der Waals surface area contributed by atoms with Crippen LogP contribution in [-0.4, -0.2) is 65.4 Å². The Morgan fingerprint density at radius 3 is 2.73 bits per heavy atom. The van der Waals surface area contributed by atoms with Crippen LogP contribution in [0.15, 0.2) is 24.3 Å². The van der Waals surface area contributed by atoms with Gasteiger partial charge in [0.05, 0.1) is 24.8 Å². The predicted octanol–water partition coefficient (Wildman–Crippen LogP) is 3.04. The third kappa shape index (κ3) is 5.78. The molecule has 5 rings (SSSR count). The number of thiazole rings is 1. The first-order valence-electron chi connectivity index (χ1n) is 12.0. The molecule has 0 radical (unpaired) electrons. The van der Waals surface area contributed by atoms with Crippen LogP contribution in [0.2, 0.25) is 0 Å². The molecule has 3 heterocycles. The van der Waals surface area contributed by atoms with Crippen molar-refractivity contribution in [1.29, 1.82) is 0 Å². The highest BCUT2D eigenvalue weighted by Gasteiger charge is 2.37. The van der Waals surface area contributed by atoms with E-state index >= 15 is 0 Å². The van der Waals surface area contributed by atoms with Gasteiger partial charge in [0.15, 0.2) is 5.01 Å². The molecule has 1 aliphatic heterocycles. The van der Waals surface area contributed by atoms with Crippen LogP contribution in [0.3, 0.4) is 0 Å². The number of carbonyl (C=O) groups is 3. The Hall–Kier alpha value is -3.02. The first kappa shape index (κ1) is 27.0. The van der Waals surface area contributed by atoms with Gasteiger partial charge >= 0.3 is 5.97 Å². The van der Waals surface area contributed by atoms with Crippen LogP contribution in [-0.2, 0) is 22.5 Å². The number of carbonyl (C=O) groups excluding carboxylic acids is 3. The Bertz CT molecular complexity index is 1330. The van der Waals surface area contributed by atoms with E-state index in [1.54, 1.807) is 12.1 Å². The van der Waals surface area contributed by atoms with Crippen molar-refractivity contribution in [3.05, 3.63) is 51.4 Å². The third-order valence-corrected chi connectivity index (χ3v) is 8.04. The summed E-state index contributed by atoms with van der Waals surface area (Å²) in [6, 6.07) is 4.99. The predicted molar refractivity (Wildman–Crippen MR) is 140 cm³/mol. The second-order valence-corrected chi connectivity index (χ2v) is 10.6. The molecule has 3 N–H and O–H groups in total. The maximum Gasteiger partial charge on any atom is 0.308 e. The van der Waals surface area contributed by atoms with Crippen LogP contribution in [0.4, 0.5) is 4.39 Å². The fourth-order valence-corrected chi connectivity index (χ4v) is 6.10. The smallest absolute Gasteiger partial charge is 0.308 e. The Kier molecular flexibility index (Phi) is 8.15. The normalized spacial score (nSPS) is 21.5. The summed E-state index contributed by atoms with van der Waals surface area (Å²) in [6.07, 6.45) is 2.16. The second-order valence-electron chi connectivity index (χ2n) is 9.48. The van der Waals surface area contributed by atoms with Crippen molar-refractivity contribution in [1.82, 2.24) is 25.5 Å². The van der Waals surface area contributed by atoms with Gasteiger partial charge in [-0.25, -0.2) is 9.37 Å². The largest absolute Gasteiger partial charge is 0.469 e. The van der Waals surface area contributed by atoms with E-state index in [1.807, 2.05) is 7.05 Å². The molecule has 1 aliphatic carbocycles. The lowest BCUT2D eigenvalue weighted by molar-refractivity contribution is -0.146. The molecule has 9 nitrogen and oxygen atoms in total. The van der Waals surface area contributed by atoms with Crippen LogP contribution in [0.1, 0.15) is 50.1 Å². The van der Waals surface area contributed by atoms with E-state index in [2.05, 4.69) is 25.5 Å². The third-order valence-electron chi connectivity index (χ3n) is 6.96. The Labute approximate surface area is 223 Å². The molecule has 1 fully saturated rings. The first-order valence-corrected chi connectivity index (χ1v) is 12.8. The number of nitrogens with one attached hydrogen (secondary N) is 3. The molecule has 2 aliphatic rings. The zero-order valence-electron chi connectivity index (χ0n) is 20.5. The number of likely N-dealkylation sites (N-methyl/N-ethyl adjacent to an activating group) is 1. The van der Waals surface area contributed by atoms with Gasteiger partial charge in [0, 0.05) is 41.3 Å². The van der Waals surface area contributed by atoms with E-state index in [-0.39, 0.29) is 41.9 Å². The molecule has 198 valence electrons. The molecule has 0 unspecified atom stereocenters. The summed E-state index contributed by atoms with van der Waals surface area (Å²) in [5, 5.41) is 7.00. The monoisotopic (exact) mass is 549 g/mol. The zero-order valence-corrected chi connectivity index (χ0v) is 22.1. The molecule has 3 aromatic rings. The summed E-state index contributed by atoms with van der Waals surface area (Å²) in [7, 11) is 3.38. The molecule has 37 heavy (non-hydrogen) atoms. The highest BCUT2D eigenvalue weighted by Crippen LogP contribution is 2.28. The SMILES string of the molecule is COC(=O)[C@@H]1CC[C@H](NC(=O)c2cc3cc(F)ccc3[nH]2)[C@H](NC(=O)c2nc3c(s2)CN(C)CC3)C1.Cl. The Morgan fingerprint density at radius 1 is 1.16 bits per heavy atom. The number of aromatic amines is 1. The molecule has 0 saturated heterocycles. The summed E-state index contributed by atoms with van der Waals surface area (Å²) in [5.74, 6) is -1.76. The van der Waals surface area contributed by atoms with Crippen molar-refractivity contribution in [3.63, 3.8) is 0 Å². The molecule has 1 saturated carbocycles.